The molecule has 0 saturated heterocycles. The van der Waals surface area contributed by atoms with E-state index in [4.69, 9.17) is 0 Å². The largest absolute Gasteiger partial charge is 0.293 e. The molecule has 0 aliphatic heterocycles. The zero-order valence-electron chi connectivity index (χ0n) is 8.45. The van der Waals surface area contributed by atoms with Crippen LogP contribution < -0.4 is 0 Å². The normalized spacial score (nSPS) is 17.4. The van der Waals surface area contributed by atoms with Crippen molar-refractivity contribution in [1.82, 2.24) is 4.98 Å². The molecule has 0 saturated carbocycles. The van der Waals surface area contributed by atoms with Gasteiger partial charge in [-0.15, -0.1) is 0 Å². The van der Waals surface area contributed by atoms with Crippen molar-refractivity contribution in [2.24, 2.45) is 0 Å². The van der Waals surface area contributed by atoms with Crippen LogP contribution in [0.4, 0.5) is 8.78 Å². The number of rotatable bonds is 0. The molecule has 1 aromatic carbocycles. The van der Waals surface area contributed by atoms with Crippen LogP contribution in [0.2, 0.25) is 0 Å². The summed E-state index contributed by atoms with van der Waals surface area (Å²) in [6.07, 6.45) is 2.95. The number of alkyl halides is 2. The summed E-state index contributed by atoms with van der Waals surface area (Å²) in [6, 6.07) is 9.08. The Balaban J connectivity index is 2.35. The average molecular weight is 217 g/mol. The van der Waals surface area contributed by atoms with Crippen molar-refractivity contribution in [1.29, 1.82) is 0 Å². The lowest BCUT2D eigenvalue weighted by atomic mass is 9.98. The first-order valence-corrected chi connectivity index (χ1v) is 5.11. The lowest BCUT2D eigenvalue weighted by Crippen LogP contribution is -2.18. The van der Waals surface area contributed by atoms with Gasteiger partial charge in [0, 0.05) is 17.4 Å². The zero-order valence-corrected chi connectivity index (χ0v) is 8.45. The molecular weight excluding hydrogens is 208 g/mol. The molecule has 0 atom stereocenters. The number of hydrogen-bond donors (Lipinski definition) is 0. The zero-order chi connectivity index (χ0) is 11.2. The second-order valence-electron chi connectivity index (χ2n) is 3.93. The molecular formula is C13H9F2N. The summed E-state index contributed by atoms with van der Waals surface area (Å²) in [5.41, 5.74) is 1.04. The number of hydrogen-bond acceptors (Lipinski definition) is 1. The Labute approximate surface area is 91.4 Å². The fraction of sp³-hybridized carbons (Fsp3) is 0.154. The molecule has 0 radical (unpaired) electrons. The van der Waals surface area contributed by atoms with Gasteiger partial charge in [-0.2, -0.15) is 8.78 Å². The van der Waals surface area contributed by atoms with Gasteiger partial charge in [0.1, 0.15) is 5.69 Å². The molecule has 80 valence electrons. The molecule has 0 amide bonds. The molecule has 1 heterocycles. The first-order chi connectivity index (χ1) is 7.67. The third-order valence-corrected chi connectivity index (χ3v) is 2.77. The van der Waals surface area contributed by atoms with E-state index in [0.717, 1.165) is 5.39 Å². The monoisotopic (exact) mass is 217 g/mol. The van der Waals surface area contributed by atoms with Crippen LogP contribution in [0.5, 0.6) is 0 Å². The average Bonchev–Trinajstić information content (AvgIpc) is 2.27. The fourth-order valence-electron chi connectivity index (χ4n) is 1.98. The van der Waals surface area contributed by atoms with Crippen molar-refractivity contribution in [2.75, 3.05) is 0 Å². The van der Waals surface area contributed by atoms with E-state index in [2.05, 4.69) is 4.98 Å². The third kappa shape index (κ3) is 1.32. The molecule has 0 unspecified atom stereocenters. The summed E-state index contributed by atoms with van der Waals surface area (Å²) in [5, 5.41) is 0.892. The Morgan fingerprint density at radius 1 is 1.19 bits per heavy atom. The van der Waals surface area contributed by atoms with Gasteiger partial charge in [0.15, 0.2) is 0 Å². The first kappa shape index (κ1) is 9.46. The Morgan fingerprint density at radius 3 is 2.88 bits per heavy atom. The standard InChI is InChI=1S/C13H9F2N/c14-13(15)7-3-5-10-8-9-4-1-2-6-11(9)16-12(10)13/h1-6,8H,7H2. The minimum Gasteiger partial charge on any atom is -0.246 e. The molecule has 1 nitrogen and oxygen atoms in total. The van der Waals surface area contributed by atoms with Gasteiger partial charge in [0.2, 0.25) is 0 Å². The van der Waals surface area contributed by atoms with E-state index < -0.39 is 5.92 Å². The molecule has 16 heavy (non-hydrogen) atoms. The van der Waals surface area contributed by atoms with E-state index in [1.54, 1.807) is 24.3 Å². The Bertz CT molecular complexity index is 588. The number of pyridine rings is 1. The van der Waals surface area contributed by atoms with Gasteiger partial charge < -0.3 is 0 Å². The van der Waals surface area contributed by atoms with Gasteiger partial charge in [0.05, 0.1) is 5.52 Å². The smallest absolute Gasteiger partial charge is 0.246 e. The van der Waals surface area contributed by atoms with Crippen LogP contribution in [0, 0.1) is 0 Å². The van der Waals surface area contributed by atoms with Crippen molar-refractivity contribution in [3.8, 4) is 0 Å². The maximum absolute atomic E-state index is 13.6. The Morgan fingerprint density at radius 2 is 2.00 bits per heavy atom. The Kier molecular flexibility index (Phi) is 1.84. The molecule has 0 fully saturated rings. The van der Waals surface area contributed by atoms with Crippen LogP contribution in [0.3, 0.4) is 0 Å². The SMILES string of the molecule is FC1(F)CC=Cc2cc3ccccc3nc21. The maximum atomic E-state index is 13.6. The number of para-hydroxylation sites is 1. The van der Waals surface area contributed by atoms with Crippen molar-refractivity contribution in [3.05, 3.63) is 47.7 Å². The van der Waals surface area contributed by atoms with E-state index in [1.807, 2.05) is 12.1 Å². The Hall–Kier alpha value is -1.77. The number of halogens is 2. The van der Waals surface area contributed by atoms with Gasteiger partial charge in [0.25, 0.3) is 5.92 Å². The molecule has 3 rings (SSSR count). The van der Waals surface area contributed by atoms with Crippen LogP contribution in [0.15, 0.2) is 36.4 Å². The minimum atomic E-state index is -2.84. The summed E-state index contributed by atoms with van der Waals surface area (Å²) in [7, 11) is 0. The summed E-state index contributed by atoms with van der Waals surface area (Å²) in [4.78, 5) is 4.07. The minimum absolute atomic E-state index is 0.103. The lowest BCUT2D eigenvalue weighted by molar-refractivity contribution is -0.00650. The second-order valence-corrected chi connectivity index (χ2v) is 3.93. The number of aromatic nitrogens is 1. The highest BCUT2D eigenvalue weighted by atomic mass is 19.3. The fourth-order valence-corrected chi connectivity index (χ4v) is 1.98. The van der Waals surface area contributed by atoms with Crippen LogP contribution >= 0.6 is 0 Å². The van der Waals surface area contributed by atoms with E-state index in [9.17, 15) is 8.78 Å². The number of fused-ring (bicyclic) bond motifs is 2. The van der Waals surface area contributed by atoms with Gasteiger partial charge >= 0.3 is 0 Å². The van der Waals surface area contributed by atoms with Crippen molar-refractivity contribution in [3.63, 3.8) is 0 Å². The van der Waals surface area contributed by atoms with E-state index in [0.29, 0.717) is 11.1 Å². The topological polar surface area (TPSA) is 12.9 Å². The molecule has 0 N–H and O–H groups in total. The molecule has 0 bridgehead atoms. The van der Waals surface area contributed by atoms with E-state index in [1.165, 1.54) is 6.08 Å². The van der Waals surface area contributed by atoms with Gasteiger partial charge in [-0.1, -0.05) is 30.4 Å². The van der Waals surface area contributed by atoms with Gasteiger partial charge in [-0.3, -0.25) is 0 Å². The molecule has 1 aliphatic carbocycles. The maximum Gasteiger partial charge on any atom is 0.293 e. The first-order valence-electron chi connectivity index (χ1n) is 5.11. The van der Waals surface area contributed by atoms with Crippen molar-refractivity contribution in [2.45, 2.75) is 12.3 Å². The van der Waals surface area contributed by atoms with E-state index in [-0.39, 0.29) is 12.1 Å². The molecule has 2 aromatic rings. The molecule has 3 heteroatoms. The van der Waals surface area contributed by atoms with Gasteiger partial charge in [-0.25, -0.2) is 4.98 Å². The summed E-state index contributed by atoms with van der Waals surface area (Å²) in [6.45, 7) is 0. The van der Waals surface area contributed by atoms with E-state index >= 15 is 0 Å². The van der Waals surface area contributed by atoms with Crippen LogP contribution in [-0.2, 0) is 5.92 Å². The number of benzene rings is 1. The quantitative estimate of drug-likeness (QED) is 0.655. The highest BCUT2D eigenvalue weighted by Crippen LogP contribution is 2.38. The summed E-state index contributed by atoms with van der Waals surface area (Å²) < 4.78 is 27.2. The van der Waals surface area contributed by atoms with Crippen LogP contribution in [0.1, 0.15) is 17.7 Å². The number of nitrogens with zero attached hydrogens (tertiary/aromatic N) is 1. The third-order valence-electron chi connectivity index (χ3n) is 2.77. The van der Waals surface area contributed by atoms with Gasteiger partial charge in [-0.05, 0) is 12.1 Å². The van der Waals surface area contributed by atoms with Crippen molar-refractivity contribution < 1.29 is 8.78 Å². The molecule has 0 spiro atoms. The summed E-state index contributed by atoms with van der Waals surface area (Å²) in [5.74, 6) is -2.84. The molecule has 1 aromatic heterocycles. The number of allylic oxidation sites excluding steroid dienone is 1. The second kappa shape index (κ2) is 3.11. The predicted molar refractivity (Wildman–Crippen MR) is 59.3 cm³/mol. The van der Waals surface area contributed by atoms with Crippen LogP contribution in [-0.4, -0.2) is 4.98 Å². The highest BCUT2D eigenvalue weighted by molar-refractivity contribution is 5.82. The van der Waals surface area contributed by atoms with Crippen LogP contribution in [0.25, 0.3) is 17.0 Å². The predicted octanol–water partition coefficient (Wildman–Crippen LogP) is 3.74. The highest BCUT2D eigenvalue weighted by Gasteiger charge is 2.36. The summed E-state index contributed by atoms with van der Waals surface area (Å²) >= 11 is 0. The lowest BCUT2D eigenvalue weighted by Gasteiger charge is -2.20. The molecule has 1 aliphatic rings. The van der Waals surface area contributed by atoms with Crippen molar-refractivity contribution >= 4 is 17.0 Å².